The Kier molecular flexibility index (Phi) is 5.79. The molecule has 0 aliphatic carbocycles. The summed E-state index contributed by atoms with van der Waals surface area (Å²) >= 11 is 1.94. The first-order valence-electron chi connectivity index (χ1n) is 6.52. The predicted octanol–water partition coefficient (Wildman–Crippen LogP) is 1.86. The highest BCUT2D eigenvalue weighted by Crippen LogP contribution is 2.32. The van der Waals surface area contributed by atoms with Gasteiger partial charge in [0.25, 0.3) is 0 Å². The Hall–Kier alpha value is -0.420. The molecule has 0 atom stereocenters. The maximum absolute atomic E-state index is 5.45. The second kappa shape index (κ2) is 6.66. The SMILES string of the molecule is CN=C(NCC1(SC)CCOCC1)NC(C)(C)C. The van der Waals surface area contributed by atoms with E-state index in [0.29, 0.717) is 0 Å². The first-order valence-corrected chi connectivity index (χ1v) is 7.75. The van der Waals surface area contributed by atoms with Crippen LogP contribution in [0.1, 0.15) is 33.6 Å². The molecule has 4 nitrogen and oxygen atoms in total. The fourth-order valence-electron chi connectivity index (χ4n) is 1.98. The molecule has 18 heavy (non-hydrogen) atoms. The van der Waals surface area contributed by atoms with Crippen LogP contribution in [0.15, 0.2) is 4.99 Å². The molecule has 0 radical (unpaired) electrons. The average Bonchev–Trinajstić information content (AvgIpc) is 2.34. The Morgan fingerprint density at radius 1 is 1.33 bits per heavy atom. The molecule has 2 N–H and O–H groups in total. The van der Waals surface area contributed by atoms with E-state index in [2.05, 4.69) is 42.7 Å². The summed E-state index contributed by atoms with van der Waals surface area (Å²) in [6.45, 7) is 9.09. The van der Waals surface area contributed by atoms with Crippen LogP contribution in [0, 0.1) is 0 Å². The number of guanidine groups is 1. The van der Waals surface area contributed by atoms with Gasteiger partial charge in [-0.05, 0) is 39.9 Å². The lowest BCUT2D eigenvalue weighted by Gasteiger charge is -2.36. The third-order valence-corrected chi connectivity index (χ3v) is 4.55. The molecule has 1 heterocycles. The number of thioether (sulfide) groups is 1. The van der Waals surface area contributed by atoms with E-state index in [4.69, 9.17) is 4.74 Å². The third-order valence-electron chi connectivity index (χ3n) is 3.13. The molecule has 0 unspecified atom stereocenters. The fourth-order valence-corrected chi connectivity index (χ4v) is 2.77. The molecule has 106 valence electrons. The summed E-state index contributed by atoms with van der Waals surface area (Å²) in [7, 11) is 1.82. The lowest BCUT2D eigenvalue weighted by Crippen LogP contribution is -2.52. The van der Waals surface area contributed by atoms with Crippen LogP contribution in [0.25, 0.3) is 0 Å². The fraction of sp³-hybridized carbons (Fsp3) is 0.923. The number of hydrogen-bond donors (Lipinski definition) is 2. The van der Waals surface area contributed by atoms with Gasteiger partial charge in [0, 0.05) is 37.1 Å². The van der Waals surface area contributed by atoms with Crippen molar-refractivity contribution >= 4 is 17.7 Å². The molecule has 1 fully saturated rings. The predicted molar refractivity (Wildman–Crippen MR) is 80.5 cm³/mol. The van der Waals surface area contributed by atoms with Crippen molar-refractivity contribution in [1.29, 1.82) is 0 Å². The molecule has 0 spiro atoms. The van der Waals surface area contributed by atoms with E-state index in [0.717, 1.165) is 38.6 Å². The molecule has 0 saturated carbocycles. The van der Waals surface area contributed by atoms with Crippen molar-refractivity contribution in [2.75, 3.05) is 33.1 Å². The van der Waals surface area contributed by atoms with Crippen molar-refractivity contribution in [3.05, 3.63) is 0 Å². The van der Waals surface area contributed by atoms with Gasteiger partial charge in [-0.2, -0.15) is 11.8 Å². The van der Waals surface area contributed by atoms with Crippen LogP contribution in [0.5, 0.6) is 0 Å². The Morgan fingerprint density at radius 2 is 1.94 bits per heavy atom. The molecule has 1 rings (SSSR count). The quantitative estimate of drug-likeness (QED) is 0.609. The van der Waals surface area contributed by atoms with Crippen molar-refractivity contribution in [2.24, 2.45) is 4.99 Å². The lowest BCUT2D eigenvalue weighted by molar-refractivity contribution is 0.0782. The van der Waals surface area contributed by atoms with Crippen molar-refractivity contribution in [2.45, 2.75) is 43.9 Å². The standard InChI is InChI=1S/C13H27N3OS/c1-12(2,3)16-11(14-4)15-10-13(18-5)6-8-17-9-7-13/h6-10H2,1-5H3,(H2,14,15,16). The van der Waals surface area contributed by atoms with E-state index in [1.807, 2.05) is 18.8 Å². The molecule has 0 aromatic rings. The van der Waals surface area contributed by atoms with Gasteiger partial charge in [0.2, 0.25) is 0 Å². The van der Waals surface area contributed by atoms with Crippen molar-refractivity contribution < 1.29 is 4.74 Å². The van der Waals surface area contributed by atoms with E-state index >= 15 is 0 Å². The van der Waals surface area contributed by atoms with Gasteiger partial charge in [0.05, 0.1) is 0 Å². The van der Waals surface area contributed by atoms with Crippen LogP contribution in [0.3, 0.4) is 0 Å². The van der Waals surface area contributed by atoms with Gasteiger partial charge < -0.3 is 15.4 Å². The molecular formula is C13H27N3OS. The van der Waals surface area contributed by atoms with Crippen molar-refractivity contribution in [1.82, 2.24) is 10.6 Å². The summed E-state index contributed by atoms with van der Waals surface area (Å²) < 4.78 is 5.74. The van der Waals surface area contributed by atoms with Gasteiger partial charge in [0.1, 0.15) is 0 Å². The maximum atomic E-state index is 5.45. The van der Waals surface area contributed by atoms with Crippen LogP contribution in [0.2, 0.25) is 0 Å². The van der Waals surface area contributed by atoms with Crippen LogP contribution in [-0.2, 0) is 4.74 Å². The van der Waals surface area contributed by atoms with Gasteiger partial charge >= 0.3 is 0 Å². The minimum atomic E-state index is 0.0318. The summed E-state index contributed by atoms with van der Waals surface area (Å²) in [5.41, 5.74) is 0.0318. The molecule has 5 heteroatoms. The van der Waals surface area contributed by atoms with E-state index in [1.54, 1.807) is 0 Å². The van der Waals surface area contributed by atoms with Gasteiger partial charge in [-0.15, -0.1) is 0 Å². The van der Waals surface area contributed by atoms with Crippen LogP contribution in [0.4, 0.5) is 0 Å². The minimum absolute atomic E-state index is 0.0318. The Labute approximate surface area is 115 Å². The first kappa shape index (κ1) is 15.6. The van der Waals surface area contributed by atoms with Crippen LogP contribution in [-0.4, -0.2) is 49.3 Å². The van der Waals surface area contributed by atoms with Gasteiger partial charge in [-0.3, -0.25) is 4.99 Å². The zero-order valence-electron chi connectivity index (χ0n) is 12.3. The zero-order valence-corrected chi connectivity index (χ0v) is 13.1. The number of hydrogen-bond acceptors (Lipinski definition) is 3. The van der Waals surface area contributed by atoms with Gasteiger partial charge in [-0.25, -0.2) is 0 Å². The monoisotopic (exact) mass is 273 g/mol. The number of aliphatic imine (C=N–C) groups is 1. The molecule has 0 aromatic carbocycles. The van der Waals surface area contributed by atoms with Crippen molar-refractivity contribution in [3.63, 3.8) is 0 Å². The Bertz CT molecular complexity index is 280. The largest absolute Gasteiger partial charge is 0.381 e. The molecule has 1 saturated heterocycles. The van der Waals surface area contributed by atoms with Crippen molar-refractivity contribution in [3.8, 4) is 0 Å². The summed E-state index contributed by atoms with van der Waals surface area (Å²) in [5, 5.41) is 6.84. The summed E-state index contributed by atoms with van der Waals surface area (Å²) in [6, 6.07) is 0. The maximum Gasteiger partial charge on any atom is 0.191 e. The number of rotatable bonds is 3. The van der Waals surface area contributed by atoms with E-state index in [9.17, 15) is 0 Å². The highest BCUT2D eigenvalue weighted by Gasteiger charge is 2.32. The van der Waals surface area contributed by atoms with Gasteiger partial charge in [0.15, 0.2) is 5.96 Å². The second-order valence-corrected chi connectivity index (χ2v) is 7.07. The highest BCUT2D eigenvalue weighted by atomic mass is 32.2. The van der Waals surface area contributed by atoms with E-state index in [-0.39, 0.29) is 10.3 Å². The number of nitrogens with one attached hydrogen (secondary N) is 2. The molecule has 0 aromatic heterocycles. The molecule has 1 aliphatic rings. The molecule has 0 bridgehead atoms. The molecule has 1 aliphatic heterocycles. The smallest absolute Gasteiger partial charge is 0.191 e. The Balaban J connectivity index is 2.50. The lowest BCUT2D eigenvalue weighted by atomic mass is 9.99. The number of ether oxygens (including phenoxy) is 1. The van der Waals surface area contributed by atoms with E-state index in [1.165, 1.54) is 0 Å². The highest BCUT2D eigenvalue weighted by molar-refractivity contribution is 8.00. The third kappa shape index (κ3) is 5.06. The van der Waals surface area contributed by atoms with Gasteiger partial charge in [-0.1, -0.05) is 0 Å². The second-order valence-electron chi connectivity index (χ2n) is 5.80. The summed E-state index contributed by atoms with van der Waals surface area (Å²) in [4.78, 5) is 4.28. The van der Waals surface area contributed by atoms with Crippen LogP contribution < -0.4 is 10.6 Å². The number of nitrogens with zero attached hydrogens (tertiary/aromatic N) is 1. The first-order chi connectivity index (χ1) is 8.41. The minimum Gasteiger partial charge on any atom is -0.381 e. The summed E-state index contributed by atoms with van der Waals surface area (Å²) in [5.74, 6) is 0.877. The normalized spacial score (nSPS) is 20.6. The average molecular weight is 273 g/mol. The molecule has 0 amide bonds. The topological polar surface area (TPSA) is 45.7 Å². The van der Waals surface area contributed by atoms with E-state index < -0.39 is 0 Å². The molecular weight excluding hydrogens is 246 g/mol. The van der Waals surface area contributed by atoms with Crippen LogP contribution >= 0.6 is 11.8 Å². The zero-order chi connectivity index (χ0) is 13.6. The Morgan fingerprint density at radius 3 is 2.39 bits per heavy atom. The summed E-state index contributed by atoms with van der Waals surface area (Å²) in [6.07, 6.45) is 4.40.